The lowest BCUT2D eigenvalue weighted by Gasteiger charge is -2.36. The Morgan fingerprint density at radius 3 is 2.35 bits per heavy atom. The molecule has 1 aliphatic rings. The molecule has 0 aliphatic carbocycles. The predicted octanol–water partition coefficient (Wildman–Crippen LogP) is 3.81. The molecule has 2 aromatic rings. The number of ether oxygens (including phenoxy) is 1. The maximum Gasteiger partial charge on any atom is 0.121 e. The molecule has 0 amide bonds. The highest BCUT2D eigenvalue weighted by molar-refractivity contribution is 6.33. The van der Waals surface area contributed by atoms with Crippen molar-refractivity contribution in [1.29, 1.82) is 0 Å². The molecule has 4 nitrogen and oxygen atoms in total. The fraction of sp³-hybridized carbons (Fsp3) is 0.429. The maximum atomic E-state index is 9.77. The molecule has 2 aromatic carbocycles. The van der Waals surface area contributed by atoms with Gasteiger partial charge in [-0.05, 0) is 31.5 Å². The van der Waals surface area contributed by atoms with Crippen molar-refractivity contribution in [3.63, 3.8) is 0 Å². The van der Waals surface area contributed by atoms with Gasteiger partial charge in [-0.3, -0.25) is 4.90 Å². The van der Waals surface area contributed by atoms with Crippen LogP contribution in [0.25, 0.3) is 0 Å². The molecule has 1 aliphatic heterocycles. The fourth-order valence-electron chi connectivity index (χ4n) is 3.08. The van der Waals surface area contributed by atoms with Crippen LogP contribution >= 0.6 is 11.6 Å². The summed E-state index contributed by atoms with van der Waals surface area (Å²) in [6.07, 6.45) is 0. The molecule has 1 N–H and O–H groups in total. The molecule has 26 heavy (non-hydrogen) atoms. The van der Waals surface area contributed by atoms with Crippen molar-refractivity contribution < 1.29 is 9.84 Å². The highest BCUT2D eigenvalue weighted by Gasteiger charge is 2.20. The Labute approximate surface area is 160 Å². The molecular formula is C21H27ClN2O2. The van der Waals surface area contributed by atoms with Crippen LogP contribution in [0.2, 0.25) is 5.02 Å². The number of nitrogens with zero attached hydrogens (tertiary/aromatic N) is 2. The van der Waals surface area contributed by atoms with Gasteiger partial charge in [0.05, 0.1) is 16.3 Å². The normalized spacial score (nSPS) is 15.9. The van der Waals surface area contributed by atoms with Crippen molar-refractivity contribution in [2.24, 2.45) is 0 Å². The van der Waals surface area contributed by atoms with Gasteiger partial charge in [0, 0.05) is 38.8 Å². The zero-order chi connectivity index (χ0) is 18.6. The van der Waals surface area contributed by atoms with Gasteiger partial charge in [0.25, 0.3) is 0 Å². The second-order valence-corrected chi connectivity index (χ2v) is 7.87. The minimum atomic E-state index is -0.861. The van der Waals surface area contributed by atoms with E-state index in [0.29, 0.717) is 10.8 Å². The van der Waals surface area contributed by atoms with E-state index < -0.39 is 5.60 Å². The lowest BCUT2D eigenvalue weighted by Crippen LogP contribution is -2.46. The van der Waals surface area contributed by atoms with E-state index >= 15 is 0 Å². The zero-order valence-corrected chi connectivity index (χ0v) is 16.2. The molecule has 1 saturated heterocycles. The largest absolute Gasteiger partial charge is 0.491 e. The van der Waals surface area contributed by atoms with E-state index in [2.05, 4.69) is 40.1 Å². The number of halogens is 1. The van der Waals surface area contributed by atoms with E-state index in [9.17, 15) is 5.11 Å². The van der Waals surface area contributed by atoms with Crippen LogP contribution in [0, 0.1) is 0 Å². The molecule has 3 rings (SSSR count). The first kappa shape index (κ1) is 19.0. The summed E-state index contributed by atoms with van der Waals surface area (Å²) >= 11 is 6.48. The Morgan fingerprint density at radius 2 is 1.73 bits per heavy atom. The second-order valence-electron chi connectivity index (χ2n) is 7.46. The van der Waals surface area contributed by atoms with Crippen molar-refractivity contribution in [1.82, 2.24) is 4.90 Å². The first-order chi connectivity index (χ1) is 12.4. The Bertz CT molecular complexity index is 708. The van der Waals surface area contributed by atoms with E-state index in [1.54, 1.807) is 13.8 Å². The van der Waals surface area contributed by atoms with Crippen LogP contribution in [0.4, 0.5) is 5.69 Å². The molecule has 0 spiro atoms. The van der Waals surface area contributed by atoms with Gasteiger partial charge in [-0.1, -0.05) is 41.9 Å². The van der Waals surface area contributed by atoms with E-state index in [-0.39, 0.29) is 6.61 Å². The van der Waals surface area contributed by atoms with Crippen molar-refractivity contribution in [2.75, 3.05) is 37.7 Å². The molecule has 0 aromatic heterocycles. The molecule has 0 saturated carbocycles. The first-order valence-corrected chi connectivity index (χ1v) is 9.44. The highest BCUT2D eigenvalue weighted by Crippen LogP contribution is 2.31. The Kier molecular flexibility index (Phi) is 6.07. The van der Waals surface area contributed by atoms with Gasteiger partial charge in [0.1, 0.15) is 12.4 Å². The van der Waals surface area contributed by atoms with E-state index in [4.69, 9.17) is 16.3 Å². The number of benzene rings is 2. The topological polar surface area (TPSA) is 35.9 Å². The van der Waals surface area contributed by atoms with Crippen molar-refractivity contribution in [3.8, 4) is 5.75 Å². The minimum Gasteiger partial charge on any atom is -0.491 e. The standard InChI is InChI=1S/C21H27ClN2O2/c1-21(2,25)16-26-18-8-9-20(19(22)14-18)24-12-10-23(11-13-24)15-17-6-4-3-5-7-17/h3-9,14,25H,10-13,15-16H2,1-2H3. The third kappa shape index (κ3) is 5.37. The number of hydrogen-bond donors (Lipinski definition) is 1. The summed E-state index contributed by atoms with van der Waals surface area (Å²) in [5, 5.41) is 10.5. The number of piperazine rings is 1. The Hall–Kier alpha value is -1.75. The number of hydrogen-bond acceptors (Lipinski definition) is 4. The van der Waals surface area contributed by atoms with Crippen molar-refractivity contribution in [3.05, 3.63) is 59.1 Å². The minimum absolute atomic E-state index is 0.237. The van der Waals surface area contributed by atoms with E-state index in [1.807, 2.05) is 18.2 Å². The van der Waals surface area contributed by atoms with Gasteiger partial charge in [-0.15, -0.1) is 0 Å². The van der Waals surface area contributed by atoms with Crippen LogP contribution in [0.5, 0.6) is 5.75 Å². The smallest absolute Gasteiger partial charge is 0.121 e. The van der Waals surface area contributed by atoms with Gasteiger partial charge in [-0.25, -0.2) is 0 Å². The van der Waals surface area contributed by atoms with Gasteiger partial charge >= 0.3 is 0 Å². The predicted molar refractivity (Wildman–Crippen MR) is 107 cm³/mol. The molecule has 0 unspecified atom stereocenters. The first-order valence-electron chi connectivity index (χ1n) is 9.07. The number of aliphatic hydroxyl groups is 1. The molecule has 5 heteroatoms. The monoisotopic (exact) mass is 374 g/mol. The molecule has 1 fully saturated rings. The summed E-state index contributed by atoms with van der Waals surface area (Å²) in [5.74, 6) is 0.684. The molecule has 0 bridgehead atoms. The average molecular weight is 375 g/mol. The third-order valence-electron chi connectivity index (χ3n) is 4.47. The molecule has 0 radical (unpaired) electrons. The van der Waals surface area contributed by atoms with Crippen LogP contribution in [0.3, 0.4) is 0 Å². The van der Waals surface area contributed by atoms with Crippen LogP contribution < -0.4 is 9.64 Å². The zero-order valence-electron chi connectivity index (χ0n) is 15.5. The maximum absolute atomic E-state index is 9.77. The highest BCUT2D eigenvalue weighted by atomic mass is 35.5. The summed E-state index contributed by atoms with van der Waals surface area (Å²) < 4.78 is 5.62. The molecule has 140 valence electrons. The summed E-state index contributed by atoms with van der Waals surface area (Å²) in [6, 6.07) is 16.3. The van der Waals surface area contributed by atoms with Crippen LogP contribution in [-0.4, -0.2) is 48.4 Å². The average Bonchev–Trinajstić information content (AvgIpc) is 2.61. The van der Waals surface area contributed by atoms with Gasteiger partial charge < -0.3 is 14.7 Å². The Morgan fingerprint density at radius 1 is 1.04 bits per heavy atom. The number of anilines is 1. The van der Waals surface area contributed by atoms with Crippen molar-refractivity contribution in [2.45, 2.75) is 26.0 Å². The third-order valence-corrected chi connectivity index (χ3v) is 4.78. The number of rotatable bonds is 6. The quantitative estimate of drug-likeness (QED) is 0.834. The van der Waals surface area contributed by atoms with E-state index in [1.165, 1.54) is 5.56 Å². The van der Waals surface area contributed by atoms with Crippen LogP contribution in [0.1, 0.15) is 19.4 Å². The summed E-state index contributed by atoms with van der Waals surface area (Å²) in [7, 11) is 0. The SMILES string of the molecule is CC(C)(O)COc1ccc(N2CCN(Cc3ccccc3)CC2)c(Cl)c1. The molecule has 0 atom stereocenters. The molecular weight excluding hydrogens is 348 g/mol. The fourth-order valence-corrected chi connectivity index (χ4v) is 3.37. The van der Waals surface area contributed by atoms with Gasteiger partial charge in [0.2, 0.25) is 0 Å². The lowest BCUT2D eigenvalue weighted by atomic mass is 10.1. The summed E-state index contributed by atoms with van der Waals surface area (Å²) in [6.45, 7) is 8.61. The molecule has 1 heterocycles. The van der Waals surface area contributed by atoms with Crippen LogP contribution in [-0.2, 0) is 6.54 Å². The van der Waals surface area contributed by atoms with Gasteiger partial charge in [0.15, 0.2) is 0 Å². The second kappa shape index (κ2) is 8.30. The summed E-state index contributed by atoms with van der Waals surface area (Å²) in [4.78, 5) is 4.80. The lowest BCUT2D eigenvalue weighted by molar-refractivity contribution is 0.0285. The van der Waals surface area contributed by atoms with E-state index in [0.717, 1.165) is 38.4 Å². The van der Waals surface area contributed by atoms with Crippen LogP contribution in [0.15, 0.2) is 48.5 Å². The Balaban J connectivity index is 1.55. The summed E-state index contributed by atoms with van der Waals surface area (Å²) in [5.41, 5.74) is 1.54. The van der Waals surface area contributed by atoms with Gasteiger partial charge in [-0.2, -0.15) is 0 Å². The van der Waals surface area contributed by atoms with Crippen molar-refractivity contribution >= 4 is 17.3 Å².